The van der Waals surface area contributed by atoms with Crippen molar-refractivity contribution in [2.45, 2.75) is 12.8 Å². The van der Waals surface area contributed by atoms with E-state index in [-0.39, 0.29) is 5.91 Å². The Morgan fingerprint density at radius 2 is 2.00 bits per heavy atom. The topological polar surface area (TPSA) is 49.3 Å². The fourth-order valence-corrected chi connectivity index (χ4v) is 3.37. The van der Waals surface area contributed by atoms with Crippen molar-refractivity contribution in [2.75, 3.05) is 43.1 Å². The number of piperazine rings is 1. The van der Waals surface area contributed by atoms with Crippen molar-refractivity contribution in [1.29, 1.82) is 0 Å². The lowest BCUT2D eigenvalue weighted by Crippen LogP contribution is -2.49. The van der Waals surface area contributed by atoms with Crippen LogP contribution in [-0.2, 0) is 4.79 Å². The van der Waals surface area contributed by atoms with Crippen LogP contribution in [0.5, 0.6) is 0 Å². The lowest BCUT2D eigenvalue weighted by Gasteiger charge is -2.35. The van der Waals surface area contributed by atoms with Gasteiger partial charge in [-0.1, -0.05) is 24.3 Å². The minimum atomic E-state index is 0.280. The second kappa shape index (κ2) is 7.64. The summed E-state index contributed by atoms with van der Waals surface area (Å²) in [5.41, 5.74) is 0. The van der Waals surface area contributed by atoms with Gasteiger partial charge < -0.3 is 9.80 Å². The maximum Gasteiger partial charge on any atom is 0.222 e. The molecule has 122 valence electrons. The lowest BCUT2D eigenvalue weighted by molar-refractivity contribution is -0.131. The zero-order chi connectivity index (χ0) is 16.1. The minimum Gasteiger partial charge on any atom is -0.351 e. The summed E-state index contributed by atoms with van der Waals surface area (Å²) in [7, 11) is 0. The third-order valence-electron chi connectivity index (χ3n) is 4.22. The van der Waals surface area contributed by atoms with Crippen LogP contribution in [0.15, 0.2) is 30.5 Å². The molecular formula is C17H22N4OS. The number of hydrogen-bond donors (Lipinski definition) is 0. The summed E-state index contributed by atoms with van der Waals surface area (Å²) in [6.07, 6.45) is 5.50. The van der Waals surface area contributed by atoms with Crippen LogP contribution in [0.1, 0.15) is 12.8 Å². The van der Waals surface area contributed by atoms with E-state index in [0.29, 0.717) is 6.42 Å². The smallest absolute Gasteiger partial charge is 0.222 e. The first-order chi connectivity index (χ1) is 11.3. The fourth-order valence-electron chi connectivity index (χ4n) is 2.94. The van der Waals surface area contributed by atoms with Crippen LogP contribution in [-0.4, -0.2) is 59.2 Å². The molecule has 1 saturated heterocycles. The molecule has 1 fully saturated rings. The van der Waals surface area contributed by atoms with E-state index in [1.54, 1.807) is 18.0 Å². The summed E-state index contributed by atoms with van der Waals surface area (Å²) in [4.78, 5) is 16.4. The van der Waals surface area contributed by atoms with Gasteiger partial charge in [-0.2, -0.15) is 16.9 Å². The molecule has 5 nitrogen and oxygen atoms in total. The van der Waals surface area contributed by atoms with E-state index in [4.69, 9.17) is 0 Å². The van der Waals surface area contributed by atoms with Gasteiger partial charge >= 0.3 is 0 Å². The van der Waals surface area contributed by atoms with Gasteiger partial charge in [0.25, 0.3) is 0 Å². The van der Waals surface area contributed by atoms with E-state index < -0.39 is 0 Å². The van der Waals surface area contributed by atoms with E-state index in [0.717, 1.165) is 54.9 Å². The van der Waals surface area contributed by atoms with Crippen LogP contribution >= 0.6 is 11.8 Å². The van der Waals surface area contributed by atoms with Crippen molar-refractivity contribution >= 4 is 34.3 Å². The highest BCUT2D eigenvalue weighted by atomic mass is 32.2. The van der Waals surface area contributed by atoms with Gasteiger partial charge in [0.2, 0.25) is 5.91 Å². The van der Waals surface area contributed by atoms with E-state index in [1.165, 1.54) is 0 Å². The van der Waals surface area contributed by atoms with Gasteiger partial charge in [0.05, 0.1) is 6.20 Å². The molecular weight excluding hydrogens is 308 g/mol. The largest absolute Gasteiger partial charge is 0.351 e. The highest BCUT2D eigenvalue weighted by molar-refractivity contribution is 7.98. The predicted molar refractivity (Wildman–Crippen MR) is 95.9 cm³/mol. The number of amides is 1. The average Bonchev–Trinajstić information content (AvgIpc) is 2.61. The Balaban J connectivity index is 1.63. The number of fused-ring (bicyclic) bond motifs is 1. The summed E-state index contributed by atoms with van der Waals surface area (Å²) < 4.78 is 0. The van der Waals surface area contributed by atoms with Crippen molar-refractivity contribution in [2.24, 2.45) is 0 Å². The molecule has 3 rings (SSSR count). The molecule has 0 radical (unpaired) electrons. The van der Waals surface area contributed by atoms with Crippen LogP contribution in [0.2, 0.25) is 0 Å². The van der Waals surface area contributed by atoms with Gasteiger partial charge in [0.1, 0.15) is 0 Å². The van der Waals surface area contributed by atoms with Gasteiger partial charge in [0, 0.05) is 43.4 Å². The van der Waals surface area contributed by atoms with Crippen molar-refractivity contribution in [3.05, 3.63) is 30.5 Å². The molecule has 0 bridgehead atoms. The summed E-state index contributed by atoms with van der Waals surface area (Å²) >= 11 is 1.79. The maximum atomic E-state index is 12.2. The quantitative estimate of drug-likeness (QED) is 0.788. The zero-order valence-electron chi connectivity index (χ0n) is 13.4. The highest BCUT2D eigenvalue weighted by Crippen LogP contribution is 2.24. The van der Waals surface area contributed by atoms with Gasteiger partial charge in [0.15, 0.2) is 5.82 Å². The van der Waals surface area contributed by atoms with Crippen molar-refractivity contribution in [3.8, 4) is 0 Å². The number of thioether (sulfide) groups is 1. The number of benzene rings is 1. The third kappa shape index (κ3) is 3.75. The van der Waals surface area contributed by atoms with E-state index in [9.17, 15) is 4.79 Å². The van der Waals surface area contributed by atoms with Crippen molar-refractivity contribution in [3.63, 3.8) is 0 Å². The summed E-state index contributed by atoms with van der Waals surface area (Å²) in [5, 5.41) is 10.7. The maximum absolute atomic E-state index is 12.2. The monoisotopic (exact) mass is 330 g/mol. The lowest BCUT2D eigenvalue weighted by atomic mass is 10.1. The molecule has 0 N–H and O–H groups in total. The Morgan fingerprint density at radius 1 is 1.22 bits per heavy atom. The summed E-state index contributed by atoms with van der Waals surface area (Å²) in [6.45, 7) is 3.17. The molecule has 1 aliphatic heterocycles. The molecule has 0 atom stereocenters. The van der Waals surface area contributed by atoms with E-state index in [2.05, 4.69) is 33.5 Å². The number of anilines is 1. The molecule has 1 aromatic carbocycles. The van der Waals surface area contributed by atoms with Crippen LogP contribution in [0.3, 0.4) is 0 Å². The van der Waals surface area contributed by atoms with Crippen LogP contribution in [0, 0.1) is 0 Å². The Hall–Kier alpha value is -1.82. The number of carbonyl (C=O) groups excluding carboxylic acids is 1. The fraction of sp³-hybridized carbons (Fsp3) is 0.471. The van der Waals surface area contributed by atoms with Gasteiger partial charge in [-0.15, -0.1) is 5.10 Å². The predicted octanol–water partition coefficient (Wildman–Crippen LogP) is 2.42. The first kappa shape index (κ1) is 16.1. The molecule has 0 spiro atoms. The standard InChI is InChI=1S/C17H22N4OS/c1-23-12-4-7-16(22)20-8-10-21(11-9-20)17-15-6-3-2-5-14(15)13-18-19-17/h2-3,5-6,13H,4,7-12H2,1H3. The number of aromatic nitrogens is 2. The number of carbonyl (C=O) groups is 1. The number of rotatable bonds is 5. The van der Waals surface area contributed by atoms with Crippen LogP contribution in [0.25, 0.3) is 10.8 Å². The van der Waals surface area contributed by atoms with Gasteiger partial charge in [-0.3, -0.25) is 4.79 Å². The molecule has 6 heteroatoms. The molecule has 0 unspecified atom stereocenters. The van der Waals surface area contributed by atoms with E-state index in [1.807, 2.05) is 17.0 Å². The number of nitrogens with zero attached hydrogens (tertiary/aromatic N) is 4. The molecule has 0 aliphatic carbocycles. The molecule has 1 amide bonds. The second-order valence-electron chi connectivity index (χ2n) is 5.72. The average molecular weight is 330 g/mol. The van der Waals surface area contributed by atoms with Crippen LogP contribution in [0.4, 0.5) is 5.82 Å². The summed E-state index contributed by atoms with van der Waals surface area (Å²) in [5.74, 6) is 2.26. The van der Waals surface area contributed by atoms with Crippen molar-refractivity contribution in [1.82, 2.24) is 15.1 Å². The molecule has 2 aromatic rings. The third-order valence-corrected chi connectivity index (χ3v) is 4.92. The Labute approximate surface area is 141 Å². The Morgan fingerprint density at radius 3 is 2.78 bits per heavy atom. The Kier molecular flexibility index (Phi) is 5.33. The molecule has 2 heterocycles. The van der Waals surface area contributed by atoms with Gasteiger partial charge in [-0.25, -0.2) is 0 Å². The molecule has 1 aromatic heterocycles. The van der Waals surface area contributed by atoms with Crippen LogP contribution < -0.4 is 4.90 Å². The summed E-state index contributed by atoms with van der Waals surface area (Å²) in [6, 6.07) is 8.18. The second-order valence-corrected chi connectivity index (χ2v) is 6.71. The number of hydrogen-bond acceptors (Lipinski definition) is 5. The highest BCUT2D eigenvalue weighted by Gasteiger charge is 2.22. The van der Waals surface area contributed by atoms with Crippen molar-refractivity contribution < 1.29 is 4.79 Å². The normalized spacial score (nSPS) is 15.2. The molecule has 0 saturated carbocycles. The minimum absolute atomic E-state index is 0.280. The Bertz CT molecular complexity index is 665. The first-order valence-corrected chi connectivity index (χ1v) is 9.41. The van der Waals surface area contributed by atoms with Gasteiger partial charge in [-0.05, 0) is 18.4 Å². The molecule has 1 aliphatic rings. The SMILES string of the molecule is CSCCCC(=O)N1CCN(c2nncc3ccccc23)CC1. The van der Waals surface area contributed by atoms with E-state index >= 15 is 0 Å². The zero-order valence-corrected chi connectivity index (χ0v) is 14.3. The molecule has 23 heavy (non-hydrogen) atoms. The first-order valence-electron chi connectivity index (χ1n) is 8.01.